The molecule has 1 amide bonds. The number of carbonyl (C=O) groups is 1. The highest BCUT2D eigenvalue weighted by atomic mass is 19.4. The van der Waals surface area contributed by atoms with E-state index in [-0.39, 0.29) is 28.2 Å². The van der Waals surface area contributed by atoms with Crippen LogP contribution in [0.4, 0.5) is 17.6 Å². The number of aryl methyl sites for hydroxylation is 2. The molecule has 218 valence electrons. The third-order valence-electron chi connectivity index (χ3n) is 7.82. The Hall–Kier alpha value is -5.19. The van der Waals surface area contributed by atoms with Gasteiger partial charge in [0.2, 0.25) is 0 Å². The number of benzene rings is 4. The highest BCUT2D eigenvalue weighted by Crippen LogP contribution is 2.38. The van der Waals surface area contributed by atoms with Gasteiger partial charge < -0.3 is 5.32 Å². The molecular formula is C32H25F4N5O2. The number of halogens is 4. The lowest BCUT2D eigenvalue weighted by Crippen LogP contribution is -2.19. The van der Waals surface area contributed by atoms with E-state index in [1.165, 1.54) is 41.3 Å². The van der Waals surface area contributed by atoms with E-state index in [4.69, 9.17) is 4.98 Å². The maximum absolute atomic E-state index is 14.8. The average Bonchev–Trinajstić information content (AvgIpc) is 3.46. The van der Waals surface area contributed by atoms with Crippen molar-refractivity contribution in [1.82, 2.24) is 24.0 Å². The van der Waals surface area contributed by atoms with Gasteiger partial charge in [-0.05, 0) is 72.1 Å². The minimum Gasteiger partial charge on any atom is -0.355 e. The Balaban J connectivity index is 1.61. The van der Waals surface area contributed by atoms with Gasteiger partial charge in [-0.15, -0.1) is 0 Å². The summed E-state index contributed by atoms with van der Waals surface area (Å²) in [4.78, 5) is 29.3. The fourth-order valence-electron chi connectivity index (χ4n) is 5.53. The van der Waals surface area contributed by atoms with E-state index < -0.39 is 23.5 Å². The van der Waals surface area contributed by atoms with Crippen molar-refractivity contribution < 1.29 is 22.4 Å². The van der Waals surface area contributed by atoms with Gasteiger partial charge in [-0.1, -0.05) is 24.3 Å². The van der Waals surface area contributed by atoms with Gasteiger partial charge in [0.05, 0.1) is 33.2 Å². The SMILES string of the molecule is CNC(=O)c1ccc(-c2ccc3c(c2)nc(-c2cccc(C(F)(F)F)c2C)n3-c2ccc3c(c2)n(C)c(=O)n3C)cc1F. The zero-order valence-corrected chi connectivity index (χ0v) is 23.5. The Labute approximate surface area is 242 Å². The number of hydrogen-bond donors (Lipinski definition) is 1. The molecule has 0 spiro atoms. The number of amides is 1. The summed E-state index contributed by atoms with van der Waals surface area (Å²) in [6.07, 6.45) is -4.56. The highest BCUT2D eigenvalue weighted by molar-refractivity contribution is 5.95. The third-order valence-corrected chi connectivity index (χ3v) is 7.82. The van der Waals surface area contributed by atoms with Crippen molar-refractivity contribution in [2.75, 3.05) is 7.05 Å². The van der Waals surface area contributed by atoms with Crippen molar-refractivity contribution in [3.8, 4) is 28.2 Å². The average molecular weight is 588 g/mol. The van der Waals surface area contributed by atoms with Crippen molar-refractivity contribution >= 4 is 28.0 Å². The van der Waals surface area contributed by atoms with Crippen LogP contribution in [0.5, 0.6) is 0 Å². The number of imidazole rings is 2. The van der Waals surface area contributed by atoms with Gasteiger partial charge >= 0.3 is 11.9 Å². The molecule has 0 aliphatic rings. The molecule has 0 unspecified atom stereocenters. The molecule has 6 rings (SSSR count). The molecular weight excluding hydrogens is 562 g/mol. The second-order valence-electron chi connectivity index (χ2n) is 10.3. The molecule has 2 heterocycles. The first-order chi connectivity index (χ1) is 20.4. The number of aromatic nitrogens is 4. The van der Waals surface area contributed by atoms with Crippen LogP contribution >= 0.6 is 0 Å². The van der Waals surface area contributed by atoms with Crippen LogP contribution in [0.2, 0.25) is 0 Å². The van der Waals surface area contributed by atoms with Crippen molar-refractivity contribution in [3.05, 3.63) is 106 Å². The molecule has 11 heteroatoms. The van der Waals surface area contributed by atoms with Crippen molar-refractivity contribution in [3.63, 3.8) is 0 Å². The van der Waals surface area contributed by atoms with Crippen LogP contribution in [-0.4, -0.2) is 31.6 Å². The van der Waals surface area contributed by atoms with Gasteiger partial charge in [0.1, 0.15) is 11.6 Å². The quantitative estimate of drug-likeness (QED) is 0.244. The van der Waals surface area contributed by atoms with E-state index in [2.05, 4.69) is 5.32 Å². The number of rotatable bonds is 4. The summed E-state index contributed by atoms with van der Waals surface area (Å²) in [5.41, 5.74) is 3.33. The minimum absolute atomic E-state index is 0.0202. The molecule has 2 aromatic heterocycles. The topological polar surface area (TPSA) is 73.8 Å². The molecule has 0 fully saturated rings. The second kappa shape index (κ2) is 9.97. The Bertz CT molecular complexity index is 2150. The summed E-state index contributed by atoms with van der Waals surface area (Å²) in [6.45, 7) is 1.41. The third kappa shape index (κ3) is 4.48. The standard InChI is InChI=1S/C32H25F4N5O2/c1-17-21(6-5-7-23(17)32(34,35)36)29-38-25-15-19(18-8-11-22(24(33)14-18)30(42)37-2)9-12-26(25)41(29)20-10-13-27-28(16-20)40(4)31(43)39(27)3/h5-16H,1-4H3,(H,37,42). The largest absolute Gasteiger partial charge is 0.416 e. The van der Waals surface area contributed by atoms with Crippen molar-refractivity contribution in [1.29, 1.82) is 0 Å². The number of nitrogens with one attached hydrogen (secondary N) is 1. The monoisotopic (exact) mass is 587 g/mol. The first-order valence-corrected chi connectivity index (χ1v) is 13.3. The molecule has 7 nitrogen and oxygen atoms in total. The molecule has 43 heavy (non-hydrogen) atoms. The lowest BCUT2D eigenvalue weighted by molar-refractivity contribution is -0.138. The smallest absolute Gasteiger partial charge is 0.355 e. The predicted octanol–water partition coefficient (Wildman–Crippen LogP) is 6.38. The van der Waals surface area contributed by atoms with Gasteiger partial charge in [0.25, 0.3) is 5.91 Å². The first kappa shape index (κ1) is 28.0. The predicted molar refractivity (Wildman–Crippen MR) is 157 cm³/mol. The summed E-state index contributed by atoms with van der Waals surface area (Å²) >= 11 is 0. The molecule has 4 aromatic carbocycles. The van der Waals surface area contributed by atoms with Crippen LogP contribution in [0, 0.1) is 12.7 Å². The van der Waals surface area contributed by atoms with Crippen molar-refractivity contribution in [2.45, 2.75) is 13.1 Å². The van der Waals surface area contributed by atoms with Gasteiger partial charge in [0.15, 0.2) is 0 Å². The zero-order chi connectivity index (χ0) is 30.8. The summed E-state index contributed by atoms with van der Waals surface area (Å²) < 4.78 is 61.2. The Morgan fingerprint density at radius 3 is 2.23 bits per heavy atom. The zero-order valence-electron chi connectivity index (χ0n) is 23.5. The van der Waals surface area contributed by atoms with E-state index in [1.54, 1.807) is 67.2 Å². The molecule has 0 aliphatic heterocycles. The van der Waals surface area contributed by atoms with Crippen LogP contribution < -0.4 is 11.0 Å². The van der Waals surface area contributed by atoms with E-state index in [0.717, 1.165) is 6.07 Å². The number of alkyl halides is 3. The Morgan fingerprint density at radius 1 is 0.860 bits per heavy atom. The fraction of sp³-hybridized carbons (Fsp3) is 0.156. The van der Waals surface area contributed by atoms with Gasteiger partial charge in [-0.3, -0.25) is 18.5 Å². The van der Waals surface area contributed by atoms with E-state index in [9.17, 15) is 27.2 Å². The number of carbonyl (C=O) groups excluding carboxylic acids is 1. The second-order valence-corrected chi connectivity index (χ2v) is 10.3. The molecule has 0 radical (unpaired) electrons. The summed E-state index contributed by atoms with van der Waals surface area (Å²) in [6, 6.07) is 18.9. The molecule has 0 bridgehead atoms. The van der Waals surface area contributed by atoms with E-state index >= 15 is 0 Å². The molecule has 0 saturated carbocycles. The van der Waals surface area contributed by atoms with Crippen LogP contribution in [0.15, 0.2) is 77.6 Å². The van der Waals surface area contributed by atoms with Gasteiger partial charge in [0, 0.05) is 32.4 Å². The van der Waals surface area contributed by atoms with E-state index in [0.29, 0.717) is 38.9 Å². The minimum atomic E-state index is -4.56. The summed E-state index contributed by atoms with van der Waals surface area (Å²) in [5, 5.41) is 2.40. The highest BCUT2D eigenvalue weighted by Gasteiger charge is 2.33. The van der Waals surface area contributed by atoms with Crippen LogP contribution in [-0.2, 0) is 20.3 Å². The van der Waals surface area contributed by atoms with Gasteiger partial charge in [-0.25, -0.2) is 14.2 Å². The first-order valence-electron chi connectivity index (χ1n) is 13.3. The number of fused-ring (bicyclic) bond motifs is 2. The molecule has 6 aromatic rings. The maximum atomic E-state index is 14.8. The van der Waals surface area contributed by atoms with Gasteiger partial charge in [-0.2, -0.15) is 13.2 Å². The number of hydrogen-bond acceptors (Lipinski definition) is 3. The lowest BCUT2D eigenvalue weighted by atomic mass is 10.0. The van der Waals surface area contributed by atoms with E-state index in [1.807, 2.05) is 0 Å². The maximum Gasteiger partial charge on any atom is 0.416 e. The van der Waals surface area contributed by atoms with Crippen LogP contribution in [0.3, 0.4) is 0 Å². The Kier molecular flexibility index (Phi) is 6.48. The summed E-state index contributed by atoms with van der Waals surface area (Å²) in [7, 11) is 4.73. The summed E-state index contributed by atoms with van der Waals surface area (Å²) in [5.74, 6) is -0.964. The van der Waals surface area contributed by atoms with Crippen LogP contribution in [0.1, 0.15) is 21.5 Å². The molecule has 1 N–H and O–H groups in total. The van der Waals surface area contributed by atoms with Crippen LogP contribution in [0.25, 0.3) is 50.3 Å². The lowest BCUT2D eigenvalue weighted by Gasteiger charge is -2.15. The fourth-order valence-corrected chi connectivity index (χ4v) is 5.53. The molecule has 0 aliphatic carbocycles. The molecule has 0 atom stereocenters. The normalized spacial score (nSPS) is 11.9. The molecule has 0 saturated heterocycles. The van der Waals surface area contributed by atoms with Crippen molar-refractivity contribution in [2.24, 2.45) is 14.1 Å². The Morgan fingerprint density at radius 2 is 1.53 bits per heavy atom. The number of nitrogens with zero attached hydrogens (tertiary/aromatic N) is 4.